The van der Waals surface area contributed by atoms with Crippen LogP contribution in [0.2, 0.25) is 0 Å². The molecule has 0 spiro atoms. The molecule has 1 aliphatic heterocycles. The van der Waals surface area contributed by atoms with E-state index in [0.717, 1.165) is 6.54 Å². The summed E-state index contributed by atoms with van der Waals surface area (Å²) in [6.07, 6.45) is 6.33. The first kappa shape index (κ1) is 15.9. The number of nitrogens with two attached hydrogens (primary N) is 1. The van der Waals surface area contributed by atoms with Gasteiger partial charge in [-0.15, -0.1) is 0 Å². The average molecular weight is 255 g/mol. The standard InChI is InChI=1S/C15H33N3/c1-4-9-18(15(5-2,6-3)14-16)13-12-17-10-7-8-11-17/h4-14,16H2,1-3H3. The van der Waals surface area contributed by atoms with E-state index in [1.165, 1.54) is 64.8 Å². The van der Waals surface area contributed by atoms with Gasteiger partial charge in [0.25, 0.3) is 0 Å². The first-order valence-electron chi connectivity index (χ1n) is 7.89. The van der Waals surface area contributed by atoms with E-state index in [2.05, 4.69) is 30.6 Å². The third kappa shape index (κ3) is 3.94. The van der Waals surface area contributed by atoms with Crippen molar-refractivity contribution in [2.24, 2.45) is 5.73 Å². The molecule has 0 aliphatic carbocycles. The zero-order valence-electron chi connectivity index (χ0n) is 12.7. The van der Waals surface area contributed by atoms with Gasteiger partial charge < -0.3 is 10.6 Å². The third-order valence-corrected chi connectivity index (χ3v) is 4.75. The molecule has 1 saturated heterocycles. The molecule has 0 aromatic rings. The lowest BCUT2D eigenvalue weighted by molar-refractivity contribution is 0.0745. The van der Waals surface area contributed by atoms with Crippen LogP contribution in [0.4, 0.5) is 0 Å². The highest BCUT2D eigenvalue weighted by atomic mass is 15.2. The summed E-state index contributed by atoms with van der Waals surface area (Å²) in [5.41, 5.74) is 6.32. The van der Waals surface area contributed by atoms with Crippen LogP contribution >= 0.6 is 0 Å². The van der Waals surface area contributed by atoms with Gasteiger partial charge >= 0.3 is 0 Å². The highest BCUT2D eigenvalue weighted by Crippen LogP contribution is 2.23. The lowest BCUT2D eigenvalue weighted by Gasteiger charge is -2.43. The van der Waals surface area contributed by atoms with E-state index in [1.54, 1.807) is 0 Å². The summed E-state index contributed by atoms with van der Waals surface area (Å²) in [7, 11) is 0. The van der Waals surface area contributed by atoms with Crippen LogP contribution in [-0.4, -0.2) is 54.6 Å². The summed E-state index contributed by atoms with van der Waals surface area (Å²) < 4.78 is 0. The van der Waals surface area contributed by atoms with E-state index < -0.39 is 0 Å². The fourth-order valence-electron chi connectivity index (χ4n) is 3.24. The van der Waals surface area contributed by atoms with Crippen molar-refractivity contribution in [2.45, 2.75) is 58.4 Å². The van der Waals surface area contributed by atoms with Crippen molar-refractivity contribution in [3.63, 3.8) is 0 Å². The van der Waals surface area contributed by atoms with Crippen molar-refractivity contribution >= 4 is 0 Å². The van der Waals surface area contributed by atoms with Gasteiger partial charge in [0.2, 0.25) is 0 Å². The van der Waals surface area contributed by atoms with Gasteiger partial charge in [-0.05, 0) is 51.7 Å². The van der Waals surface area contributed by atoms with Crippen LogP contribution < -0.4 is 5.73 Å². The van der Waals surface area contributed by atoms with Gasteiger partial charge in [-0.3, -0.25) is 4.90 Å². The molecule has 0 amide bonds. The lowest BCUT2D eigenvalue weighted by atomic mass is 9.90. The lowest BCUT2D eigenvalue weighted by Crippen LogP contribution is -2.55. The van der Waals surface area contributed by atoms with Gasteiger partial charge in [0.1, 0.15) is 0 Å². The largest absolute Gasteiger partial charge is 0.329 e. The van der Waals surface area contributed by atoms with Crippen molar-refractivity contribution < 1.29 is 0 Å². The maximum Gasteiger partial charge on any atom is 0.0327 e. The summed E-state index contributed by atoms with van der Waals surface area (Å²) in [6, 6.07) is 0. The second-order valence-electron chi connectivity index (χ2n) is 5.67. The molecule has 18 heavy (non-hydrogen) atoms. The van der Waals surface area contributed by atoms with Crippen molar-refractivity contribution in [3.05, 3.63) is 0 Å². The molecule has 3 nitrogen and oxygen atoms in total. The first-order valence-corrected chi connectivity index (χ1v) is 7.89. The van der Waals surface area contributed by atoms with E-state index in [0.29, 0.717) is 0 Å². The van der Waals surface area contributed by atoms with Gasteiger partial charge in [-0.2, -0.15) is 0 Å². The Bertz CT molecular complexity index is 200. The quantitative estimate of drug-likeness (QED) is 0.686. The zero-order chi connectivity index (χ0) is 13.4. The molecule has 1 fully saturated rings. The Hall–Kier alpha value is -0.120. The molecule has 0 unspecified atom stereocenters. The minimum atomic E-state index is 0.232. The molecule has 3 heteroatoms. The fraction of sp³-hybridized carbons (Fsp3) is 1.00. The summed E-state index contributed by atoms with van der Waals surface area (Å²) in [5.74, 6) is 0. The summed E-state index contributed by atoms with van der Waals surface area (Å²) >= 11 is 0. The molecule has 1 heterocycles. The van der Waals surface area contributed by atoms with Crippen LogP contribution in [0.1, 0.15) is 52.9 Å². The van der Waals surface area contributed by atoms with Gasteiger partial charge in [0.05, 0.1) is 0 Å². The Kier molecular flexibility index (Phi) is 7.20. The van der Waals surface area contributed by atoms with E-state index in [-0.39, 0.29) is 5.54 Å². The van der Waals surface area contributed by atoms with E-state index in [1.807, 2.05) is 0 Å². The molecule has 108 valence electrons. The molecular weight excluding hydrogens is 222 g/mol. The molecule has 1 aliphatic rings. The minimum Gasteiger partial charge on any atom is -0.329 e. The minimum absolute atomic E-state index is 0.232. The van der Waals surface area contributed by atoms with Gasteiger partial charge in [-0.25, -0.2) is 0 Å². The average Bonchev–Trinajstić information content (AvgIpc) is 2.91. The smallest absolute Gasteiger partial charge is 0.0327 e. The Morgan fingerprint density at radius 1 is 1.06 bits per heavy atom. The van der Waals surface area contributed by atoms with Crippen molar-refractivity contribution in [2.75, 3.05) is 39.3 Å². The second-order valence-corrected chi connectivity index (χ2v) is 5.67. The van der Waals surface area contributed by atoms with E-state index >= 15 is 0 Å². The molecule has 0 aromatic heterocycles. The predicted molar refractivity (Wildman–Crippen MR) is 79.9 cm³/mol. The fourth-order valence-corrected chi connectivity index (χ4v) is 3.24. The predicted octanol–water partition coefficient (Wildman–Crippen LogP) is 2.31. The molecule has 1 rings (SSSR count). The number of rotatable bonds is 9. The number of hydrogen-bond donors (Lipinski definition) is 1. The SMILES string of the molecule is CCCN(CCN1CCCC1)C(CC)(CC)CN. The zero-order valence-corrected chi connectivity index (χ0v) is 12.7. The van der Waals surface area contributed by atoms with E-state index in [9.17, 15) is 0 Å². The summed E-state index contributed by atoms with van der Waals surface area (Å²) in [6.45, 7) is 13.8. The topological polar surface area (TPSA) is 32.5 Å². The van der Waals surface area contributed by atoms with E-state index in [4.69, 9.17) is 5.73 Å². The summed E-state index contributed by atoms with van der Waals surface area (Å²) in [5, 5.41) is 0. The normalized spacial score (nSPS) is 17.8. The highest BCUT2D eigenvalue weighted by Gasteiger charge is 2.31. The number of nitrogens with zero attached hydrogens (tertiary/aromatic N) is 2. The number of hydrogen-bond acceptors (Lipinski definition) is 3. The van der Waals surface area contributed by atoms with Crippen LogP contribution in [0.5, 0.6) is 0 Å². The van der Waals surface area contributed by atoms with Crippen molar-refractivity contribution in [1.29, 1.82) is 0 Å². The molecule has 0 bridgehead atoms. The highest BCUT2D eigenvalue weighted by molar-refractivity contribution is 4.90. The Balaban J connectivity index is 2.55. The summed E-state index contributed by atoms with van der Waals surface area (Å²) in [4.78, 5) is 5.26. The van der Waals surface area contributed by atoms with Crippen LogP contribution in [-0.2, 0) is 0 Å². The molecule has 0 atom stereocenters. The molecule has 2 N–H and O–H groups in total. The Labute approximate surface area is 114 Å². The first-order chi connectivity index (χ1) is 8.72. The Morgan fingerprint density at radius 3 is 2.11 bits per heavy atom. The van der Waals surface area contributed by atoms with Gasteiger partial charge in [-0.1, -0.05) is 20.8 Å². The second kappa shape index (κ2) is 8.13. The van der Waals surface area contributed by atoms with Gasteiger partial charge in [0, 0.05) is 25.2 Å². The molecule has 0 radical (unpaired) electrons. The molecule has 0 aromatic carbocycles. The van der Waals surface area contributed by atoms with Crippen molar-refractivity contribution in [1.82, 2.24) is 9.80 Å². The maximum absolute atomic E-state index is 6.09. The third-order valence-electron chi connectivity index (χ3n) is 4.75. The monoisotopic (exact) mass is 255 g/mol. The van der Waals surface area contributed by atoms with Crippen LogP contribution in [0.3, 0.4) is 0 Å². The number of likely N-dealkylation sites (tertiary alicyclic amines) is 1. The molecular formula is C15H33N3. The van der Waals surface area contributed by atoms with Crippen LogP contribution in [0.15, 0.2) is 0 Å². The van der Waals surface area contributed by atoms with Crippen LogP contribution in [0.25, 0.3) is 0 Å². The van der Waals surface area contributed by atoms with Gasteiger partial charge in [0.15, 0.2) is 0 Å². The van der Waals surface area contributed by atoms with Crippen LogP contribution in [0, 0.1) is 0 Å². The molecule has 0 saturated carbocycles. The van der Waals surface area contributed by atoms with Crippen molar-refractivity contribution in [3.8, 4) is 0 Å². The maximum atomic E-state index is 6.09. The Morgan fingerprint density at radius 2 is 1.67 bits per heavy atom.